The van der Waals surface area contributed by atoms with Gasteiger partial charge in [0.05, 0.1) is 0 Å². The predicted octanol–water partition coefficient (Wildman–Crippen LogP) is 3.72. The van der Waals surface area contributed by atoms with Gasteiger partial charge in [-0.05, 0) is 17.7 Å². The molecule has 0 spiro atoms. The fourth-order valence-corrected chi connectivity index (χ4v) is 2.92. The normalized spacial score (nSPS) is 11.1. The Balaban J connectivity index is 1.85. The summed E-state index contributed by atoms with van der Waals surface area (Å²) in [5.74, 6) is 1.30. The second-order valence-electron chi connectivity index (χ2n) is 3.80. The smallest absolute Gasteiger partial charge is 0.199 e. The lowest BCUT2D eigenvalue weighted by molar-refractivity contribution is 0.842. The molecule has 96 valence electrons. The fraction of sp³-hybridized carbons (Fsp3) is 0.0833. The highest BCUT2D eigenvalue weighted by Gasteiger charge is 2.07. The monoisotopic (exact) mass is 310 g/mol. The van der Waals surface area contributed by atoms with Crippen LogP contribution in [0.25, 0.3) is 5.78 Å². The van der Waals surface area contributed by atoms with Gasteiger partial charge in [0.1, 0.15) is 16.5 Å². The summed E-state index contributed by atoms with van der Waals surface area (Å²) in [6.07, 6.45) is 1.46. The minimum absolute atomic E-state index is 0.416. The Hall–Kier alpha value is -1.30. The summed E-state index contributed by atoms with van der Waals surface area (Å²) in [7, 11) is 0. The van der Waals surface area contributed by atoms with Gasteiger partial charge in [-0.15, -0.1) is 11.8 Å². The fourth-order valence-electron chi connectivity index (χ4n) is 1.60. The second kappa shape index (κ2) is 5.36. The van der Waals surface area contributed by atoms with Gasteiger partial charge in [-0.3, -0.25) is 0 Å². The molecule has 7 heteroatoms. The average molecular weight is 311 g/mol. The van der Waals surface area contributed by atoms with Crippen molar-refractivity contribution in [1.82, 2.24) is 19.6 Å². The van der Waals surface area contributed by atoms with Crippen molar-refractivity contribution in [2.24, 2.45) is 0 Å². The minimum atomic E-state index is 0.416. The van der Waals surface area contributed by atoms with E-state index in [1.54, 1.807) is 22.3 Å². The second-order valence-corrected chi connectivity index (χ2v) is 5.62. The van der Waals surface area contributed by atoms with E-state index in [9.17, 15) is 0 Å². The lowest BCUT2D eigenvalue weighted by atomic mass is 10.2. The zero-order valence-corrected chi connectivity index (χ0v) is 12.0. The maximum atomic E-state index is 5.96. The van der Waals surface area contributed by atoms with Crippen LogP contribution in [0.1, 0.15) is 5.56 Å². The number of rotatable bonds is 3. The molecule has 0 aliphatic carbocycles. The topological polar surface area (TPSA) is 43.1 Å². The molecule has 0 bridgehead atoms. The van der Waals surface area contributed by atoms with E-state index in [0.717, 1.165) is 15.8 Å². The van der Waals surface area contributed by atoms with Crippen molar-refractivity contribution < 1.29 is 0 Å². The van der Waals surface area contributed by atoms with Gasteiger partial charge >= 0.3 is 0 Å². The predicted molar refractivity (Wildman–Crippen MR) is 76.8 cm³/mol. The number of fused-ring (bicyclic) bond motifs is 1. The van der Waals surface area contributed by atoms with Gasteiger partial charge in [-0.25, -0.2) is 0 Å². The van der Waals surface area contributed by atoms with Crippen LogP contribution in [0.2, 0.25) is 10.2 Å². The van der Waals surface area contributed by atoms with Crippen molar-refractivity contribution in [2.75, 3.05) is 0 Å². The number of aromatic nitrogens is 4. The van der Waals surface area contributed by atoms with Crippen LogP contribution in [0.3, 0.4) is 0 Å². The molecule has 3 aromatic rings. The van der Waals surface area contributed by atoms with Crippen LogP contribution in [-0.4, -0.2) is 19.6 Å². The highest BCUT2D eigenvalue weighted by Crippen LogP contribution is 2.25. The standard InChI is InChI=1S/C12H8Cl2N4S/c13-9-3-1-8(2-4-9)6-19-11-5-10(14)17-12-15-7-16-18(11)12/h1-5,7H,6H2. The molecule has 0 N–H and O–H groups in total. The van der Waals surface area contributed by atoms with Gasteiger partial charge in [0.2, 0.25) is 0 Å². The zero-order valence-electron chi connectivity index (χ0n) is 9.62. The molecular formula is C12H8Cl2N4S. The summed E-state index contributed by atoms with van der Waals surface area (Å²) in [4.78, 5) is 8.12. The van der Waals surface area contributed by atoms with Crippen molar-refractivity contribution in [2.45, 2.75) is 10.8 Å². The molecule has 0 saturated heterocycles. The molecule has 2 heterocycles. The quantitative estimate of drug-likeness (QED) is 0.546. The molecule has 19 heavy (non-hydrogen) atoms. The van der Waals surface area contributed by atoms with Crippen LogP contribution in [0.5, 0.6) is 0 Å². The summed E-state index contributed by atoms with van der Waals surface area (Å²) < 4.78 is 1.67. The maximum Gasteiger partial charge on any atom is 0.254 e. The van der Waals surface area contributed by atoms with E-state index in [-0.39, 0.29) is 0 Å². The summed E-state index contributed by atoms with van der Waals surface area (Å²) in [5.41, 5.74) is 1.18. The lowest BCUT2D eigenvalue weighted by Gasteiger charge is -2.04. The molecule has 2 aromatic heterocycles. The molecular weight excluding hydrogens is 303 g/mol. The highest BCUT2D eigenvalue weighted by atomic mass is 35.5. The van der Waals surface area contributed by atoms with E-state index < -0.39 is 0 Å². The van der Waals surface area contributed by atoms with Gasteiger partial charge in [0, 0.05) is 16.8 Å². The SMILES string of the molecule is Clc1ccc(CSc2cc(Cl)nc3ncnn23)cc1. The van der Waals surface area contributed by atoms with E-state index in [2.05, 4.69) is 15.1 Å². The minimum Gasteiger partial charge on any atom is -0.199 e. The van der Waals surface area contributed by atoms with E-state index >= 15 is 0 Å². The highest BCUT2D eigenvalue weighted by molar-refractivity contribution is 7.98. The molecule has 0 saturated carbocycles. The molecule has 0 aliphatic heterocycles. The van der Waals surface area contributed by atoms with Gasteiger partial charge in [0.15, 0.2) is 0 Å². The van der Waals surface area contributed by atoms with E-state index in [4.69, 9.17) is 23.2 Å². The molecule has 1 aromatic carbocycles. The molecule has 0 radical (unpaired) electrons. The van der Waals surface area contributed by atoms with Crippen LogP contribution < -0.4 is 0 Å². The molecule has 0 fully saturated rings. The zero-order chi connectivity index (χ0) is 13.2. The van der Waals surface area contributed by atoms with Crippen LogP contribution >= 0.6 is 35.0 Å². The molecule has 0 aliphatic rings. The van der Waals surface area contributed by atoms with Gasteiger partial charge in [0.25, 0.3) is 5.78 Å². The summed E-state index contributed by atoms with van der Waals surface area (Å²) >= 11 is 13.4. The van der Waals surface area contributed by atoms with E-state index in [1.165, 1.54) is 11.9 Å². The Morgan fingerprint density at radius 1 is 1.16 bits per heavy atom. The third-order valence-electron chi connectivity index (χ3n) is 2.49. The van der Waals surface area contributed by atoms with Crippen LogP contribution in [-0.2, 0) is 5.75 Å². The van der Waals surface area contributed by atoms with Crippen molar-refractivity contribution in [3.63, 3.8) is 0 Å². The maximum absolute atomic E-state index is 5.96. The van der Waals surface area contributed by atoms with Crippen molar-refractivity contribution >= 4 is 40.7 Å². The molecule has 0 unspecified atom stereocenters. The van der Waals surface area contributed by atoms with Crippen molar-refractivity contribution in [3.05, 3.63) is 52.4 Å². The van der Waals surface area contributed by atoms with Crippen molar-refractivity contribution in [1.29, 1.82) is 0 Å². The number of halogens is 2. The Morgan fingerprint density at radius 3 is 2.74 bits per heavy atom. The van der Waals surface area contributed by atoms with Gasteiger partial charge in [-0.2, -0.15) is 19.6 Å². The molecule has 0 atom stereocenters. The third kappa shape index (κ3) is 2.83. The Labute approximate surface area is 123 Å². The summed E-state index contributed by atoms with van der Waals surface area (Å²) in [6, 6.07) is 9.53. The van der Waals surface area contributed by atoms with Crippen LogP contribution in [0, 0.1) is 0 Å². The summed E-state index contributed by atoms with van der Waals surface area (Å²) in [6.45, 7) is 0. The Morgan fingerprint density at radius 2 is 1.95 bits per heavy atom. The van der Waals surface area contributed by atoms with Crippen LogP contribution in [0.4, 0.5) is 0 Å². The number of thioether (sulfide) groups is 1. The molecule has 0 amide bonds. The first-order valence-corrected chi connectivity index (χ1v) is 7.20. The van der Waals surface area contributed by atoms with Crippen molar-refractivity contribution in [3.8, 4) is 0 Å². The number of benzene rings is 1. The third-order valence-corrected chi connectivity index (χ3v) is 4.00. The number of nitrogens with zero attached hydrogens (tertiary/aromatic N) is 4. The van der Waals surface area contributed by atoms with E-state index in [0.29, 0.717) is 10.9 Å². The first kappa shape index (κ1) is 12.7. The lowest BCUT2D eigenvalue weighted by Crippen LogP contribution is -1.96. The van der Waals surface area contributed by atoms with Crippen LogP contribution in [0.15, 0.2) is 41.7 Å². The first-order valence-electron chi connectivity index (χ1n) is 5.46. The van der Waals surface area contributed by atoms with Gasteiger partial charge < -0.3 is 0 Å². The molecule has 3 rings (SSSR count). The largest absolute Gasteiger partial charge is 0.254 e. The summed E-state index contributed by atoms with van der Waals surface area (Å²) in [5, 5.41) is 6.19. The average Bonchev–Trinajstić information content (AvgIpc) is 2.85. The molecule has 4 nitrogen and oxygen atoms in total. The number of hydrogen-bond donors (Lipinski definition) is 0. The Kier molecular flexibility index (Phi) is 3.59. The Bertz CT molecular complexity index is 711. The van der Waals surface area contributed by atoms with Gasteiger partial charge in [-0.1, -0.05) is 35.3 Å². The van der Waals surface area contributed by atoms with E-state index in [1.807, 2.05) is 24.3 Å². The first-order chi connectivity index (χ1) is 9.22. The number of hydrogen-bond acceptors (Lipinski definition) is 4.